The van der Waals surface area contributed by atoms with Gasteiger partial charge in [-0.1, -0.05) is 70.5 Å². The molecule has 0 spiro atoms. The lowest BCUT2D eigenvalue weighted by atomic mass is 10.1. The molecule has 0 unspecified atom stereocenters. The standard InChI is InChI=1S/C26H23Br2NO/c1-17-7-5-12-25(18(17)2)29-15-21-13-22(27)14-24(28)26(21)30-16-20-10-6-9-19-8-3-4-11-23(19)20/h3-14,29H,15-16H2,1-2H3. The van der Waals surface area contributed by atoms with E-state index in [0.717, 1.165) is 25.9 Å². The summed E-state index contributed by atoms with van der Waals surface area (Å²) in [5, 5.41) is 6.02. The molecule has 2 nitrogen and oxygen atoms in total. The second-order valence-corrected chi connectivity index (χ2v) is 9.17. The van der Waals surface area contributed by atoms with Crippen LogP contribution in [0.25, 0.3) is 10.8 Å². The molecule has 0 aliphatic rings. The van der Waals surface area contributed by atoms with Gasteiger partial charge in [-0.25, -0.2) is 0 Å². The van der Waals surface area contributed by atoms with Crippen LogP contribution in [0.1, 0.15) is 22.3 Å². The lowest BCUT2D eigenvalue weighted by Crippen LogP contribution is -2.06. The van der Waals surface area contributed by atoms with Gasteiger partial charge >= 0.3 is 0 Å². The van der Waals surface area contributed by atoms with E-state index in [9.17, 15) is 0 Å². The van der Waals surface area contributed by atoms with Crippen LogP contribution in [0, 0.1) is 13.8 Å². The normalized spacial score (nSPS) is 10.9. The van der Waals surface area contributed by atoms with E-state index in [-0.39, 0.29) is 0 Å². The van der Waals surface area contributed by atoms with Gasteiger partial charge in [0.1, 0.15) is 12.4 Å². The summed E-state index contributed by atoms with van der Waals surface area (Å²) in [7, 11) is 0. The maximum absolute atomic E-state index is 6.35. The molecule has 4 aromatic rings. The van der Waals surface area contributed by atoms with Gasteiger partial charge in [-0.05, 0) is 75.4 Å². The van der Waals surface area contributed by atoms with Crippen molar-refractivity contribution in [2.45, 2.75) is 27.0 Å². The highest BCUT2D eigenvalue weighted by molar-refractivity contribution is 9.11. The molecule has 0 saturated heterocycles. The Bertz CT molecular complexity index is 1200. The number of nitrogens with one attached hydrogen (secondary N) is 1. The minimum atomic E-state index is 0.512. The predicted molar refractivity (Wildman–Crippen MR) is 133 cm³/mol. The average molecular weight is 525 g/mol. The first-order chi connectivity index (χ1) is 14.5. The van der Waals surface area contributed by atoms with Gasteiger partial charge in [0.25, 0.3) is 0 Å². The van der Waals surface area contributed by atoms with Crippen molar-refractivity contribution in [2.24, 2.45) is 0 Å². The van der Waals surface area contributed by atoms with Crippen molar-refractivity contribution in [2.75, 3.05) is 5.32 Å². The minimum Gasteiger partial charge on any atom is -0.487 e. The number of fused-ring (bicyclic) bond motifs is 1. The largest absolute Gasteiger partial charge is 0.487 e. The number of hydrogen-bond donors (Lipinski definition) is 1. The maximum Gasteiger partial charge on any atom is 0.139 e. The summed E-state index contributed by atoms with van der Waals surface area (Å²) in [6.45, 7) is 5.46. The molecule has 0 amide bonds. The van der Waals surface area contributed by atoms with Crippen LogP contribution in [0.15, 0.2) is 81.7 Å². The van der Waals surface area contributed by atoms with Crippen molar-refractivity contribution >= 4 is 48.3 Å². The molecule has 4 rings (SSSR count). The fraction of sp³-hybridized carbons (Fsp3) is 0.154. The van der Waals surface area contributed by atoms with Crippen LogP contribution < -0.4 is 10.1 Å². The topological polar surface area (TPSA) is 21.3 Å². The molecular formula is C26H23Br2NO. The van der Waals surface area contributed by atoms with Crippen molar-refractivity contribution in [1.29, 1.82) is 0 Å². The van der Waals surface area contributed by atoms with Crippen molar-refractivity contribution in [3.8, 4) is 5.75 Å². The summed E-state index contributed by atoms with van der Waals surface area (Å²) in [6, 6.07) is 25.2. The monoisotopic (exact) mass is 523 g/mol. The Morgan fingerprint density at radius 1 is 0.833 bits per heavy atom. The van der Waals surface area contributed by atoms with Crippen LogP contribution in [0.3, 0.4) is 0 Å². The number of aryl methyl sites for hydroxylation is 1. The molecule has 152 valence electrons. The molecule has 30 heavy (non-hydrogen) atoms. The Kier molecular flexibility index (Phi) is 6.45. The van der Waals surface area contributed by atoms with Gasteiger partial charge in [-0.15, -0.1) is 0 Å². The van der Waals surface area contributed by atoms with Gasteiger partial charge in [0.05, 0.1) is 4.47 Å². The van der Waals surface area contributed by atoms with Crippen LogP contribution in [0.5, 0.6) is 5.75 Å². The molecular weight excluding hydrogens is 502 g/mol. The molecule has 0 aromatic heterocycles. The fourth-order valence-electron chi connectivity index (χ4n) is 3.61. The van der Waals surface area contributed by atoms with Crippen molar-refractivity contribution in [3.05, 3.63) is 104 Å². The zero-order chi connectivity index (χ0) is 21.1. The first-order valence-electron chi connectivity index (χ1n) is 9.90. The molecule has 0 aliphatic carbocycles. The number of rotatable bonds is 6. The molecule has 0 fully saturated rings. The van der Waals surface area contributed by atoms with E-state index in [1.165, 1.54) is 27.5 Å². The molecule has 1 N–H and O–H groups in total. The van der Waals surface area contributed by atoms with E-state index in [0.29, 0.717) is 13.2 Å². The smallest absolute Gasteiger partial charge is 0.139 e. The zero-order valence-corrected chi connectivity index (χ0v) is 20.2. The summed E-state index contributed by atoms with van der Waals surface area (Å²) in [5.74, 6) is 0.865. The van der Waals surface area contributed by atoms with Gasteiger partial charge in [-0.3, -0.25) is 0 Å². The second kappa shape index (κ2) is 9.23. The average Bonchev–Trinajstić information content (AvgIpc) is 2.74. The Hall–Kier alpha value is -2.30. The van der Waals surface area contributed by atoms with Crippen LogP contribution in [-0.2, 0) is 13.2 Å². The van der Waals surface area contributed by atoms with Gasteiger partial charge in [0, 0.05) is 22.3 Å². The van der Waals surface area contributed by atoms with E-state index < -0.39 is 0 Å². The third-order valence-corrected chi connectivity index (χ3v) is 6.46. The van der Waals surface area contributed by atoms with E-state index in [1.807, 2.05) is 6.07 Å². The van der Waals surface area contributed by atoms with Crippen molar-refractivity contribution in [3.63, 3.8) is 0 Å². The van der Waals surface area contributed by atoms with Crippen LogP contribution in [-0.4, -0.2) is 0 Å². The van der Waals surface area contributed by atoms with E-state index in [4.69, 9.17) is 4.74 Å². The number of benzene rings is 4. The third-order valence-electron chi connectivity index (χ3n) is 5.41. The third kappa shape index (κ3) is 4.55. The number of hydrogen-bond acceptors (Lipinski definition) is 2. The Morgan fingerprint density at radius 3 is 2.47 bits per heavy atom. The summed E-state index contributed by atoms with van der Waals surface area (Å²) in [4.78, 5) is 0. The Balaban J connectivity index is 1.59. The first-order valence-corrected chi connectivity index (χ1v) is 11.5. The second-order valence-electron chi connectivity index (χ2n) is 7.40. The van der Waals surface area contributed by atoms with Gasteiger partial charge in [-0.2, -0.15) is 0 Å². The molecule has 0 heterocycles. The van der Waals surface area contributed by atoms with Gasteiger partial charge in [0.2, 0.25) is 0 Å². The Morgan fingerprint density at radius 2 is 1.60 bits per heavy atom. The van der Waals surface area contributed by atoms with Crippen molar-refractivity contribution in [1.82, 2.24) is 0 Å². The highest BCUT2D eigenvalue weighted by atomic mass is 79.9. The van der Waals surface area contributed by atoms with E-state index in [1.54, 1.807) is 0 Å². The highest BCUT2D eigenvalue weighted by Gasteiger charge is 2.12. The summed E-state index contributed by atoms with van der Waals surface area (Å²) < 4.78 is 8.31. The minimum absolute atomic E-state index is 0.512. The number of halogens is 2. The van der Waals surface area contributed by atoms with Crippen LogP contribution >= 0.6 is 31.9 Å². The molecule has 0 radical (unpaired) electrons. The SMILES string of the molecule is Cc1cccc(NCc2cc(Br)cc(Br)c2OCc2cccc3ccccc23)c1C. The molecule has 4 aromatic carbocycles. The Labute approximate surface area is 194 Å². The summed E-state index contributed by atoms with van der Waals surface area (Å²) >= 11 is 7.31. The molecule has 0 atom stereocenters. The molecule has 0 aliphatic heterocycles. The van der Waals surface area contributed by atoms with E-state index in [2.05, 4.69) is 118 Å². The zero-order valence-electron chi connectivity index (χ0n) is 17.0. The lowest BCUT2D eigenvalue weighted by Gasteiger charge is -2.17. The first kappa shape index (κ1) is 21.0. The van der Waals surface area contributed by atoms with Gasteiger partial charge in [0.15, 0.2) is 0 Å². The molecule has 0 bridgehead atoms. The van der Waals surface area contributed by atoms with Crippen LogP contribution in [0.2, 0.25) is 0 Å². The maximum atomic E-state index is 6.35. The number of ether oxygens (including phenoxy) is 1. The summed E-state index contributed by atoms with van der Waals surface area (Å²) in [5.41, 5.74) is 5.97. The predicted octanol–water partition coefficient (Wildman–Crippen LogP) is 8.17. The fourth-order valence-corrected chi connectivity index (χ4v) is 5.04. The molecule has 4 heteroatoms. The van der Waals surface area contributed by atoms with E-state index >= 15 is 0 Å². The highest BCUT2D eigenvalue weighted by Crippen LogP contribution is 2.35. The van der Waals surface area contributed by atoms with Crippen LogP contribution in [0.4, 0.5) is 5.69 Å². The quantitative estimate of drug-likeness (QED) is 0.274. The van der Waals surface area contributed by atoms with Crippen molar-refractivity contribution < 1.29 is 4.74 Å². The van der Waals surface area contributed by atoms with Gasteiger partial charge < -0.3 is 10.1 Å². The molecule has 0 saturated carbocycles. The lowest BCUT2D eigenvalue weighted by molar-refractivity contribution is 0.302. The summed E-state index contributed by atoms with van der Waals surface area (Å²) in [6.07, 6.45) is 0. The number of anilines is 1.